The minimum Gasteiger partial charge on any atom is -0.488 e. The highest BCUT2D eigenvalue weighted by Crippen LogP contribution is 2.28. The van der Waals surface area contributed by atoms with E-state index in [1.54, 1.807) is 42.6 Å². The fraction of sp³-hybridized carbons (Fsp3) is 0.188. The van der Waals surface area contributed by atoms with Crippen LogP contribution in [0.5, 0.6) is 5.75 Å². The Morgan fingerprint density at radius 3 is 3.00 bits per heavy atom. The number of hydrogen-bond acceptors (Lipinski definition) is 5. The Morgan fingerprint density at radius 1 is 1.30 bits per heavy atom. The number of anilines is 2. The fourth-order valence-corrected chi connectivity index (χ4v) is 2.28. The van der Waals surface area contributed by atoms with Crippen LogP contribution in [0.2, 0.25) is 0 Å². The number of nitrogens with one attached hydrogen (secondary N) is 1. The molecule has 0 unspecified atom stereocenters. The quantitative estimate of drug-likeness (QED) is 0.860. The first-order chi connectivity index (χ1) is 11.2. The van der Waals surface area contributed by atoms with Crippen LogP contribution in [0.3, 0.4) is 0 Å². The van der Waals surface area contributed by atoms with Gasteiger partial charge >= 0.3 is 12.0 Å². The number of aromatic nitrogens is 1. The van der Waals surface area contributed by atoms with Crippen LogP contribution >= 0.6 is 0 Å². The van der Waals surface area contributed by atoms with E-state index >= 15 is 0 Å². The van der Waals surface area contributed by atoms with Gasteiger partial charge in [-0.2, -0.15) is 0 Å². The minimum atomic E-state index is -0.459. The third kappa shape index (κ3) is 3.08. The Kier molecular flexibility index (Phi) is 4.09. The molecule has 7 heteroatoms. The van der Waals surface area contributed by atoms with E-state index in [4.69, 9.17) is 4.74 Å². The number of ether oxygens (including phenoxy) is 2. The summed E-state index contributed by atoms with van der Waals surface area (Å²) < 4.78 is 10.1. The lowest BCUT2D eigenvalue weighted by molar-refractivity contribution is 0.0600. The minimum absolute atomic E-state index is 0.338. The van der Waals surface area contributed by atoms with Gasteiger partial charge in [-0.3, -0.25) is 4.90 Å². The number of nitrogens with zero attached hydrogens (tertiary/aromatic N) is 2. The molecule has 3 rings (SSSR count). The fourth-order valence-electron chi connectivity index (χ4n) is 2.28. The largest absolute Gasteiger partial charge is 0.488 e. The number of amides is 2. The van der Waals surface area contributed by atoms with Gasteiger partial charge in [-0.15, -0.1) is 0 Å². The molecule has 0 saturated carbocycles. The van der Waals surface area contributed by atoms with Gasteiger partial charge in [0.25, 0.3) is 0 Å². The molecule has 2 aromatic rings. The van der Waals surface area contributed by atoms with Gasteiger partial charge in [0.2, 0.25) is 0 Å². The van der Waals surface area contributed by atoms with E-state index in [0.717, 1.165) is 0 Å². The summed E-state index contributed by atoms with van der Waals surface area (Å²) in [6.45, 7) is 0.793. The third-order valence-corrected chi connectivity index (χ3v) is 3.36. The zero-order valence-electron chi connectivity index (χ0n) is 12.5. The lowest BCUT2D eigenvalue weighted by Crippen LogP contribution is -2.41. The Bertz CT molecular complexity index is 748. The molecule has 0 bridgehead atoms. The smallest absolute Gasteiger partial charge is 0.337 e. The number of carbonyl (C=O) groups is 2. The van der Waals surface area contributed by atoms with Crippen LogP contribution in [0, 0.1) is 0 Å². The molecule has 0 aliphatic carbocycles. The van der Waals surface area contributed by atoms with Gasteiger partial charge in [-0.1, -0.05) is 6.07 Å². The highest BCUT2D eigenvalue weighted by molar-refractivity contribution is 6.03. The van der Waals surface area contributed by atoms with Gasteiger partial charge in [0.05, 0.1) is 19.2 Å². The normalized spacial score (nSPS) is 12.8. The van der Waals surface area contributed by atoms with Gasteiger partial charge in [0.1, 0.15) is 6.61 Å². The molecule has 23 heavy (non-hydrogen) atoms. The first-order valence-electron chi connectivity index (χ1n) is 7.04. The van der Waals surface area contributed by atoms with Crippen molar-refractivity contribution in [1.82, 2.24) is 4.98 Å². The van der Waals surface area contributed by atoms with Crippen molar-refractivity contribution in [2.24, 2.45) is 0 Å². The molecule has 1 aliphatic heterocycles. The second-order valence-electron chi connectivity index (χ2n) is 4.83. The highest BCUT2D eigenvalue weighted by Gasteiger charge is 2.24. The van der Waals surface area contributed by atoms with Crippen molar-refractivity contribution in [3.8, 4) is 5.75 Å². The Balaban J connectivity index is 1.79. The van der Waals surface area contributed by atoms with E-state index in [9.17, 15) is 9.59 Å². The van der Waals surface area contributed by atoms with Crippen LogP contribution in [-0.2, 0) is 4.74 Å². The first kappa shape index (κ1) is 14.8. The Labute approximate surface area is 132 Å². The summed E-state index contributed by atoms with van der Waals surface area (Å²) in [5, 5.41) is 2.76. The van der Waals surface area contributed by atoms with Crippen molar-refractivity contribution in [1.29, 1.82) is 0 Å². The molecule has 0 radical (unpaired) electrons. The molecule has 2 amide bonds. The number of esters is 1. The van der Waals surface area contributed by atoms with Gasteiger partial charge in [-0.25, -0.2) is 14.6 Å². The molecular formula is C16H15N3O4. The van der Waals surface area contributed by atoms with E-state index in [2.05, 4.69) is 15.0 Å². The van der Waals surface area contributed by atoms with E-state index in [0.29, 0.717) is 36.0 Å². The van der Waals surface area contributed by atoms with E-state index in [1.165, 1.54) is 12.0 Å². The molecule has 0 fully saturated rings. The number of pyridine rings is 1. The Morgan fingerprint density at radius 2 is 2.17 bits per heavy atom. The van der Waals surface area contributed by atoms with Gasteiger partial charge < -0.3 is 14.8 Å². The molecule has 1 aliphatic rings. The number of methoxy groups -OCH3 is 1. The summed E-state index contributed by atoms with van der Waals surface area (Å²) in [6, 6.07) is 9.73. The third-order valence-electron chi connectivity index (χ3n) is 3.36. The average Bonchev–Trinajstić information content (AvgIpc) is 2.60. The molecule has 1 aromatic heterocycles. The first-order valence-corrected chi connectivity index (χ1v) is 7.04. The molecule has 118 valence electrons. The van der Waals surface area contributed by atoms with Gasteiger partial charge in [0, 0.05) is 11.9 Å². The summed E-state index contributed by atoms with van der Waals surface area (Å²) in [5.74, 6) is 0.581. The van der Waals surface area contributed by atoms with Crippen LogP contribution < -0.4 is 15.0 Å². The predicted molar refractivity (Wildman–Crippen MR) is 83.9 cm³/mol. The molecule has 7 nitrogen and oxygen atoms in total. The highest BCUT2D eigenvalue weighted by atomic mass is 16.5. The number of hydrogen-bond donors (Lipinski definition) is 1. The average molecular weight is 313 g/mol. The van der Waals surface area contributed by atoms with Crippen LogP contribution in [0.25, 0.3) is 0 Å². The number of benzene rings is 1. The van der Waals surface area contributed by atoms with Crippen molar-refractivity contribution >= 4 is 23.5 Å². The van der Waals surface area contributed by atoms with Crippen LogP contribution in [0.4, 0.5) is 16.3 Å². The molecule has 0 spiro atoms. The monoisotopic (exact) mass is 313 g/mol. The molecular weight excluding hydrogens is 298 g/mol. The Hall–Kier alpha value is -3.09. The second kappa shape index (κ2) is 6.35. The summed E-state index contributed by atoms with van der Waals surface area (Å²) in [7, 11) is 1.31. The lowest BCUT2D eigenvalue weighted by Gasteiger charge is -2.28. The number of rotatable bonds is 2. The van der Waals surface area contributed by atoms with Gasteiger partial charge in [0.15, 0.2) is 11.6 Å². The maximum Gasteiger partial charge on any atom is 0.337 e. The van der Waals surface area contributed by atoms with Gasteiger partial charge in [-0.05, 0) is 30.3 Å². The molecule has 1 aromatic carbocycles. The van der Waals surface area contributed by atoms with Crippen LogP contribution in [0.15, 0.2) is 42.6 Å². The summed E-state index contributed by atoms with van der Waals surface area (Å²) in [5.41, 5.74) is 0.868. The van der Waals surface area contributed by atoms with Crippen molar-refractivity contribution in [3.63, 3.8) is 0 Å². The number of urea groups is 1. The summed E-state index contributed by atoms with van der Waals surface area (Å²) in [4.78, 5) is 29.7. The maximum absolute atomic E-state index is 12.5. The summed E-state index contributed by atoms with van der Waals surface area (Å²) in [6.07, 6.45) is 1.60. The molecule has 2 heterocycles. The summed E-state index contributed by atoms with van der Waals surface area (Å²) >= 11 is 0. The van der Waals surface area contributed by atoms with Crippen LogP contribution in [-0.4, -0.2) is 37.2 Å². The molecule has 1 N–H and O–H groups in total. The van der Waals surface area contributed by atoms with E-state index in [-0.39, 0.29) is 6.03 Å². The maximum atomic E-state index is 12.5. The lowest BCUT2D eigenvalue weighted by atomic mass is 10.2. The van der Waals surface area contributed by atoms with Crippen LogP contribution in [0.1, 0.15) is 10.4 Å². The van der Waals surface area contributed by atoms with E-state index in [1.807, 2.05) is 0 Å². The van der Waals surface area contributed by atoms with Crippen molar-refractivity contribution in [2.75, 3.05) is 30.5 Å². The van der Waals surface area contributed by atoms with Crippen molar-refractivity contribution < 1.29 is 19.1 Å². The SMILES string of the molecule is COC(=O)c1cccc(NC(=O)N2CCOc3cccnc32)c1. The number of carbonyl (C=O) groups excluding carboxylic acids is 2. The zero-order valence-corrected chi connectivity index (χ0v) is 12.5. The van der Waals surface area contributed by atoms with Crippen molar-refractivity contribution in [2.45, 2.75) is 0 Å². The predicted octanol–water partition coefficient (Wildman–Crippen LogP) is 2.30. The standard InChI is InChI=1S/C16H15N3O4/c1-22-15(20)11-4-2-5-12(10-11)18-16(21)19-8-9-23-13-6-3-7-17-14(13)19/h2-7,10H,8-9H2,1H3,(H,18,21). The second-order valence-corrected chi connectivity index (χ2v) is 4.83. The number of fused-ring (bicyclic) bond motifs is 1. The van der Waals surface area contributed by atoms with E-state index < -0.39 is 5.97 Å². The van der Waals surface area contributed by atoms with Crippen molar-refractivity contribution in [3.05, 3.63) is 48.2 Å². The molecule has 0 atom stereocenters. The molecule has 0 saturated heterocycles. The topological polar surface area (TPSA) is 80.8 Å². The zero-order chi connectivity index (χ0) is 16.2.